The topological polar surface area (TPSA) is 113 Å². The van der Waals surface area contributed by atoms with Crippen LogP contribution in [-0.2, 0) is 13.0 Å². The standard InChI is InChI=1S/C26H36N6O3/c1-31-7-9-32(10-8-31)25-14-18(13-24(30-25)29-20-3-2-4-20)26(35)28-16-23(34)22-12-17-5-6-21(33)11-19(17)15-27-22/h5-6,11,13-14,20,22-23,27,33-34H,2-4,7-10,12,15-16H2,1H3,(H,28,35)(H,29,30)/t22-,23+/m0/s1. The van der Waals surface area contributed by atoms with E-state index in [0.717, 1.165) is 61.8 Å². The molecule has 1 aromatic carbocycles. The van der Waals surface area contributed by atoms with Gasteiger partial charge in [0, 0.05) is 56.9 Å². The summed E-state index contributed by atoms with van der Waals surface area (Å²) in [5, 5.41) is 30.2. The van der Waals surface area contributed by atoms with Crippen molar-refractivity contribution >= 4 is 17.5 Å². The maximum absolute atomic E-state index is 13.1. The number of anilines is 2. The third kappa shape index (κ3) is 5.69. The zero-order valence-electron chi connectivity index (χ0n) is 20.3. The molecule has 0 spiro atoms. The van der Waals surface area contributed by atoms with Gasteiger partial charge >= 0.3 is 0 Å². The van der Waals surface area contributed by atoms with E-state index in [4.69, 9.17) is 4.98 Å². The molecule has 1 saturated heterocycles. The number of phenolic OH excluding ortho intramolecular Hbond substituents is 1. The first-order valence-electron chi connectivity index (χ1n) is 12.7. The molecule has 188 valence electrons. The molecule has 0 radical (unpaired) electrons. The van der Waals surface area contributed by atoms with E-state index < -0.39 is 6.10 Å². The number of hydrogen-bond donors (Lipinski definition) is 5. The van der Waals surface area contributed by atoms with E-state index in [0.29, 0.717) is 24.6 Å². The Hall–Kier alpha value is -2.88. The number of nitrogens with one attached hydrogen (secondary N) is 3. The number of likely N-dealkylation sites (N-methyl/N-ethyl adjacent to an activating group) is 1. The first-order valence-corrected chi connectivity index (χ1v) is 12.7. The number of nitrogens with zero attached hydrogens (tertiary/aromatic N) is 3. The molecule has 5 N–H and O–H groups in total. The second-order valence-electron chi connectivity index (χ2n) is 10.1. The summed E-state index contributed by atoms with van der Waals surface area (Å²) in [6.45, 7) is 4.42. The van der Waals surface area contributed by atoms with Crippen molar-refractivity contribution in [3.05, 3.63) is 47.0 Å². The highest BCUT2D eigenvalue weighted by Crippen LogP contribution is 2.26. The molecule has 2 atom stereocenters. The van der Waals surface area contributed by atoms with Crippen LogP contribution in [0.5, 0.6) is 5.75 Å². The number of aliphatic hydroxyl groups is 1. The Morgan fingerprint density at radius 2 is 1.97 bits per heavy atom. The van der Waals surface area contributed by atoms with E-state index in [-0.39, 0.29) is 24.2 Å². The number of amides is 1. The number of pyridine rings is 1. The lowest BCUT2D eigenvalue weighted by Gasteiger charge is -2.34. The van der Waals surface area contributed by atoms with E-state index in [1.807, 2.05) is 18.2 Å². The number of phenols is 1. The second kappa shape index (κ2) is 10.4. The predicted octanol–water partition coefficient (Wildman–Crippen LogP) is 1.31. The van der Waals surface area contributed by atoms with Crippen LogP contribution in [0.15, 0.2) is 30.3 Å². The molecule has 5 rings (SSSR count). The minimum Gasteiger partial charge on any atom is -0.508 e. The fourth-order valence-electron chi connectivity index (χ4n) is 4.92. The summed E-state index contributed by atoms with van der Waals surface area (Å²) in [5.41, 5.74) is 2.70. The van der Waals surface area contributed by atoms with E-state index in [9.17, 15) is 15.0 Å². The minimum absolute atomic E-state index is 0.154. The zero-order valence-corrected chi connectivity index (χ0v) is 20.3. The number of rotatable bonds is 7. The van der Waals surface area contributed by atoms with Gasteiger partial charge in [-0.15, -0.1) is 0 Å². The van der Waals surface area contributed by atoms with Crippen molar-refractivity contribution in [2.45, 2.75) is 50.4 Å². The van der Waals surface area contributed by atoms with Gasteiger partial charge in [0.2, 0.25) is 0 Å². The van der Waals surface area contributed by atoms with Crippen LogP contribution in [0.2, 0.25) is 0 Å². The van der Waals surface area contributed by atoms with Gasteiger partial charge in [-0.2, -0.15) is 0 Å². The molecule has 3 aliphatic rings. The van der Waals surface area contributed by atoms with Gasteiger partial charge in [-0.05, 0) is 68.1 Å². The summed E-state index contributed by atoms with van der Waals surface area (Å²) in [6, 6.07) is 9.26. The van der Waals surface area contributed by atoms with Crippen LogP contribution in [0.25, 0.3) is 0 Å². The highest BCUT2D eigenvalue weighted by molar-refractivity contribution is 5.95. The van der Waals surface area contributed by atoms with Crippen molar-refractivity contribution in [3.8, 4) is 5.75 Å². The second-order valence-corrected chi connectivity index (χ2v) is 10.1. The molecular formula is C26H36N6O3. The maximum atomic E-state index is 13.1. The number of carbonyl (C=O) groups is 1. The molecule has 1 aromatic heterocycles. The van der Waals surface area contributed by atoms with Crippen LogP contribution in [0.4, 0.5) is 11.6 Å². The maximum Gasteiger partial charge on any atom is 0.251 e. The van der Waals surface area contributed by atoms with Crippen molar-refractivity contribution in [1.82, 2.24) is 20.5 Å². The van der Waals surface area contributed by atoms with Crippen LogP contribution in [0, 0.1) is 0 Å². The number of fused-ring (bicyclic) bond motifs is 1. The highest BCUT2D eigenvalue weighted by Gasteiger charge is 2.26. The number of piperazine rings is 1. The molecule has 9 heteroatoms. The summed E-state index contributed by atoms with van der Waals surface area (Å²) in [6.07, 6.45) is 3.40. The van der Waals surface area contributed by atoms with Gasteiger partial charge in [0.1, 0.15) is 17.4 Å². The van der Waals surface area contributed by atoms with Crippen LogP contribution in [-0.4, -0.2) is 84.0 Å². The molecule has 1 saturated carbocycles. The average molecular weight is 481 g/mol. The van der Waals surface area contributed by atoms with E-state index in [2.05, 4.69) is 32.8 Å². The van der Waals surface area contributed by atoms with Gasteiger partial charge in [0.15, 0.2) is 0 Å². The molecule has 2 aromatic rings. The molecule has 1 amide bonds. The first kappa shape index (κ1) is 23.8. The molecule has 2 aliphatic heterocycles. The summed E-state index contributed by atoms with van der Waals surface area (Å²) in [5.74, 6) is 1.60. The number of carbonyl (C=O) groups excluding carboxylic acids is 1. The Labute approximate surface area is 206 Å². The van der Waals surface area contributed by atoms with Crippen LogP contribution in [0.1, 0.15) is 40.7 Å². The number of aromatic hydroxyl groups is 1. The predicted molar refractivity (Wildman–Crippen MR) is 136 cm³/mol. The molecule has 0 bridgehead atoms. The Bertz CT molecular complexity index is 1050. The Balaban J connectivity index is 1.24. The number of hydrogen-bond acceptors (Lipinski definition) is 8. The fraction of sp³-hybridized carbons (Fsp3) is 0.538. The number of aromatic nitrogens is 1. The van der Waals surface area contributed by atoms with E-state index in [1.165, 1.54) is 6.42 Å². The van der Waals surface area contributed by atoms with Crippen molar-refractivity contribution in [3.63, 3.8) is 0 Å². The van der Waals surface area contributed by atoms with Gasteiger partial charge in [0.25, 0.3) is 5.91 Å². The van der Waals surface area contributed by atoms with Crippen molar-refractivity contribution in [2.75, 3.05) is 50.0 Å². The molecular weight excluding hydrogens is 444 g/mol. The smallest absolute Gasteiger partial charge is 0.251 e. The van der Waals surface area contributed by atoms with E-state index >= 15 is 0 Å². The summed E-state index contributed by atoms with van der Waals surface area (Å²) >= 11 is 0. The molecule has 0 unspecified atom stereocenters. The Kier molecular flexibility index (Phi) is 7.08. The zero-order chi connectivity index (χ0) is 24.4. The van der Waals surface area contributed by atoms with Gasteiger partial charge < -0.3 is 36.0 Å². The van der Waals surface area contributed by atoms with Crippen molar-refractivity contribution in [2.24, 2.45) is 0 Å². The van der Waals surface area contributed by atoms with Crippen LogP contribution < -0.4 is 20.9 Å². The molecule has 3 heterocycles. The van der Waals surface area contributed by atoms with Crippen LogP contribution in [0.3, 0.4) is 0 Å². The fourth-order valence-corrected chi connectivity index (χ4v) is 4.92. The molecule has 9 nitrogen and oxygen atoms in total. The van der Waals surface area contributed by atoms with Gasteiger partial charge in [0.05, 0.1) is 6.10 Å². The third-order valence-electron chi connectivity index (χ3n) is 7.48. The van der Waals surface area contributed by atoms with Crippen molar-refractivity contribution in [1.29, 1.82) is 0 Å². The summed E-state index contributed by atoms with van der Waals surface area (Å²) in [4.78, 5) is 22.5. The highest BCUT2D eigenvalue weighted by atomic mass is 16.3. The average Bonchev–Trinajstić information content (AvgIpc) is 2.84. The van der Waals surface area contributed by atoms with Crippen molar-refractivity contribution < 1.29 is 15.0 Å². The Morgan fingerprint density at radius 1 is 1.17 bits per heavy atom. The Morgan fingerprint density at radius 3 is 2.71 bits per heavy atom. The lowest BCUT2D eigenvalue weighted by atomic mass is 9.92. The van der Waals surface area contributed by atoms with E-state index in [1.54, 1.807) is 12.1 Å². The lowest BCUT2D eigenvalue weighted by Crippen LogP contribution is -2.49. The normalized spacial score (nSPS) is 21.7. The SMILES string of the molecule is CN1CCN(c2cc(C(=O)NC[C@@H](O)[C@@H]3Cc4ccc(O)cc4CN3)cc(NC3CCC3)n2)CC1. The molecule has 1 aliphatic carbocycles. The van der Waals surface area contributed by atoms with Crippen LogP contribution >= 0.6 is 0 Å². The monoisotopic (exact) mass is 480 g/mol. The van der Waals surface area contributed by atoms with Gasteiger partial charge in [-0.3, -0.25) is 4.79 Å². The summed E-state index contributed by atoms with van der Waals surface area (Å²) < 4.78 is 0. The first-order chi connectivity index (χ1) is 16.9. The van der Waals surface area contributed by atoms with Gasteiger partial charge in [-0.25, -0.2) is 4.98 Å². The third-order valence-corrected chi connectivity index (χ3v) is 7.48. The summed E-state index contributed by atoms with van der Waals surface area (Å²) in [7, 11) is 2.12. The lowest BCUT2D eigenvalue weighted by molar-refractivity contribution is 0.0870. The molecule has 2 fully saturated rings. The molecule has 35 heavy (non-hydrogen) atoms. The minimum atomic E-state index is -0.729. The number of benzene rings is 1. The quantitative estimate of drug-likeness (QED) is 0.403. The number of aliphatic hydroxyl groups excluding tert-OH is 1. The van der Waals surface area contributed by atoms with Gasteiger partial charge in [-0.1, -0.05) is 6.07 Å². The largest absolute Gasteiger partial charge is 0.508 e.